The van der Waals surface area contributed by atoms with Gasteiger partial charge in [0.25, 0.3) is 0 Å². The Bertz CT molecular complexity index is 246. The normalized spacial score (nSPS) is 19.0. The first-order chi connectivity index (χ1) is 8.72. The van der Waals surface area contributed by atoms with Gasteiger partial charge >= 0.3 is 0 Å². The number of hydrogen-bond donors (Lipinski definition) is 2. The second-order valence-electron chi connectivity index (χ2n) is 4.98. The van der Waals surface area contributed by atoms with E-state index in [1.807, 2.05) is 0 Å². The van der Waals surface area contributed by atoms with Crippen LogP contribution in [0.1, 0.15) is 39.5 Å². The van der Waals surface area contributed by atoms with E-state index < -0.39 is 0 Å². The molecule has 18 heavy (non-hydrogen) atoms. The predicted octanol–water partition coefficient (Wildman–Crippen LogP) is 1.02. The van der Waals surface area contributed by atoms with Crippen molar-refractivity contribution in [3.05, 3.63) is 0 Å². The van der Waals surface area contributed by atoms with Crippen LogP contribution in [0.5, 0.6) is 0 Å². The Hall–Kier alpha value is -0.810. The third-order valence-corrected chi connectivity index (χ3v) is 3.79. The van der Waals surface area contributed by atoms with E-state index in [9.17, 15) is 0 Å². The number of guanidine groups is 1. The lowest BCUT2D eigenvalue weighted by Gasteiger charge is -2.37. The van der Waals surface area contributed by atoms with Gasteiger partial charge in [0.1, 0.15) is 0 Å². The minimum Gasteiger partial charge on any atom is -0.342 e. The van der Waals surface area contributed by atoms with Crippen LogP contribution in [0, 0.1) is 0 Å². The van der Waals surface area contributed by atoms with Crippen molar-refractivity contribution in [2.24, 2.45) is 10.8 Å². The molecule has 0 spiro atoms. The van der Waals surface area contributed by atoms with Gasteiger partial charge in [0.05, 0.1) is 0 Å². The number of hydrazine groups is 1. The summed E-state index contributed by atoms with van der Waals surface area (Å²) in [4.78, 5) is 9.24. The van der Waals surface area contributed by atoms with Gasteiger partial charge in [-0.3, -0.25) is 10.4 Å². The maximum Gasteiger partial charge on any atom is 0.208 e. The fourth-order valence-electron chi connectivity index (χ4n) is 2.40. The van der Waals surface area contributed by atoms with Crippen molar-refractivity contribution in [2.75, 3.05) is 33.2 Å². The molecular weight excluding hydrogens is 226 g/mol. The number of likely N-dealkylation sites (tertiary alicyclic amines) is 1. The molecule has 1 saturated heterocycles. The van der Waals surface area contributed by atoms with Gasteiger partial charge < -0.3 is 9.80 Å². The van der Waals surface area contributed by atoms with Crippen LogP contribution in [0.25, 0.3) is 0 Å². The van der Waals surface area contributed by atoms with Crippen LogP contribution in [0.4, 0.5) is 0 Å². The maximum atomic E-state index is 5.58. The molecule has 5 nitrogen and oxygen atoms in total. The largest absolute Gasteiger partial charge is 0.342 e. The zero-order valence-corrected chi connectivity index (χ0v) is 12.2. The van der Waals surface area contributed by atoms with Gasteiger partial charge in [-0.05, 0) is 25.8 Å². The summed E-state index contributed by atoms with van der Waals surface area (Å²) in [5.41, 5.74) is 2.75. The van der Waals surface area contributed by atoms with E-state index >= 15 is 0 Å². The molecular formula is C13H29N5. The number of unbranched alkanes of at least 4 members (excludes halogenated alkanes) is 1. The zero-order chi connectivity index (χ0) is 13.4. The summed E-state index contributed by atoms with van der Waals surface area (Å²) < 4.78 is 0. The van der Waals surface area contributed by atoms with E-state index in [0.717, 1.165) is 25.5 Å². The monoisotopic (exact) mass is 255 g/mol. The lowest BCUT2D eigenvalue weighted by Crippen LogP contribution is -2.51. The van der Waals surface area contributed by atoms with Gasteiger partial charge in [-0.1, -0.05) is 20.3 Å². The number of aliphatic imine (C=N–C) groups is 1. The Balaban J connectivity index is 2.46. The Morgan fingerprint density at radius 3 is 2.56 bits per heavy atom. The van der Waals surface area contributed by atoms with Crippen molar-refractivity contribution >= 4 is 5.96 Å². The minimum absolute atomic E-state index is 0.559. The van der Waals surface area contributed by atoms with Gasteiger partial charge in [0.15, 0.2) is 0 Å². The second-order valence-corrected chi connectivity index (χ2v) is 4.98. The molecule has 3 N–H and O–H groups in total. The molecule has 0 saturated carbocycles. The van der Waals surface area contributed by atoms with Crippen LogP contribution in [-0.2, 0) is 0 Å². The number of nitrogens with two attached hydrogens (primary N) is 1. The molecule has 0 aliphatic carbocycles. The molecule has 5 heteroatoms. The van der Waals surface area contributed by atoms with E-state index in [4.69, 9.17) is 5.84 Å². The standard InChI is InChI=1S/C13H29N5/c1-4-6-9-15-13(16-14)17(3)12-7-10-18(5-2)11-8-12/h12H,4-11,14H2,1-3H3,(H,15,16). The molecule has 0 aromatic carbocycles. The van der Waals surface area contributed by atoms with Crippen LogP contribution >= 0.6 is 0 Å². The van der Waals surface area contributed by atoms with Crippen molar-refractivity contribution in [1.82, 2.24) is 15.2 Å². The van der Waals surface area contributed by atoms with E-state index in [1.165, 1.54) is 32.4 Å². The molecule has 0 aromatic rings. The number of piperidine rings is 1. The smallest absolute Gasteiger partial charge is 0.208 e. The van der Waals surface area contributed by atoms with Crippen molar-refractivity contribution < 1.29 is 0 Å². The molecule has 1 heterocycles. The molecule has 0 amide bonds. The van der Waals surface area contributed by atoms with Crippen molar-refractivity contribution in [3.63, 3.8) is 0 Å². The highest BCUT2D eigenvalue weighted by Gasteiger charge is 2.23. The highest BCUT2D eigenvalue weighted by Crippen LogP contribution is 2.15. The molecule has 1 rings (SSSR count). The summed E-state index contributed by atoms with van der Waals surface area (Å²) in [5, 5.41) is 0. The quantitative estimate of drug-likeness (QED) is 0.253. The van der Waals surface area contributed by atoms with Crippen LogP contribution in [0.15, 0.2) is 4.99 Å². The van der Waals surface area contributed by atoms with E-state index in [1.54, 1.807) is 0 Å². The van der Waals surface area contributed by atoms with Crippen molar-refractivity contribution in [3.8, 4) is 0 Å². The summed E-state index contributed by atoms with van der Waals surface area (Å²) in [6, 6.07) is 0.559. The Kier molecular flexibility index (Phi) is 7.05. The molecule has 0 unspecified atom stereocenters. The highest BCUT2D eigenvalue weighted by atomic mass is 15.4. The van der Waals surface area contributed by atoms with Gasteiger partial charge in [-0.2, -0.15) is 0 Å². The molecule has 1 aliphatic rings. The van der Waals surface area contributed by atoms with Gasteiger partial charge in [0, 0.05) is 32.7 Å². The average Bonchev–Trinajstić information content (AvgIpc) is 2.43. The lowest BCUT2D eigenvalue weighted by atomic mass is 10.0. The first-order valence-electron chi connectivity index (χ1n) is 7.19. The van der Waals surface area contributed by atoms with Gasteiger partial charge in [-0.25, -0.2) is 5.84 Å². The van der Waals surface area contributed by atoms with Crippen LogP contribution in [-0.4, -0.2) is 55.0 Å². The molecule has 0 radical (unpaired) electrons. The SMILES string of the molecule is CCCCN=C(NN)N(C)C1CCN(CC)CC1. The van der Waals surface area contributed by atoms with E-state index in [2.05, 4.69) is 41.1 Å². The summed E-state index contributed by atoms with van der Waals surface area (Å²) in [6.07, 6.45) is 4.67. The van der Waals surface area contributed by atoms with Crippen LogP contribution in [0.2, 0.25) is 0 Å². The third-order valence-electron chi connectivity index (χ3n) is 3.79. The fraction of sp³-hybridized carbons (Fsp3) is 0.923. The molecule has 1 aliphatic heterocycles. The highest BCUT2D eigenvalue weighted by molar-refractivity contribution is 5.79. The van der Waals surface area contributed by atoms with Crippen molar-refractivity contribution in [1.29, 1.82) is 0 Å². The summed E-state index contributed by atoms with van der Waals surface area (Å²) >= 11 is 0. The van der Waals surface area contributed by atoms with E-state index in [0.29, 0.717) is 6.04 Å². The van der Waals surface area contributed by atoms with E-state index in [-0.39, 0.29) is 0 Å². The average molecular weight is 255 g/mol. The zero-order valence-electron chi connectivity index (χ0n) is 12.2. The second kappa shape index (κ2) is 8.32. The Morgan fingerprint density at radius 2 is 2.06 bits per heavy atom. The minimum atomic E-state index is 0.559. The van der Waals surface area contributed by atoms with Gasteiger partial charge in [-0.15, -0.1) is 0 Å². The maximum absolute atomic E-state index is 5.58. The molecule has 0 atom stereocenters. The number of nitrogens with zero attached hydrogens (tertiary/aromatic N) is 3. The van der Waals surface area contributed by atoms with Crippen LogP contribution < -0.4 is 11.3 Å². The first-order valence-corrected chi connectivity index (χ1v) is 7.19. The predicted molar refractivity (Wildman–Crippen MR) is 77.4 cm³/mol. The Morgan fingerprint density at radius 1 is 1.39 bits per heavy atom. The summed E-state index contributed by atoms with van der Waals surface area (Å²) in [5.74, 6) is 6.42. The molecule has 106 valence electrons. The lowest BCUT2D eigenvalue weighted by molar-refractivity contribution is 0.169. The summed E-state index contributed by atoms with van der Waals surface area (Å²) in [7, 11) is 2.09. The third kappa shape index (κ3) is 4.46. The first kappa shape index (κ1) is 15.2. The van der Waals surface area contributed by atoms with Crippen molar-refractivity contribution in [2.45, 2.75) is 45.6 Å². The van der Waals surface area contributed by atoms with Crippen LogP contribution in [0.3, 0.4) is 0 Å². The molecule has 0 bridgehead atoms. The van der Waals surface area contributed by atoms with Gasteiger partial charge in [0.2, 0.25) is 5.96 Å². The Labute approximate surface area is 111 Å². The fourth-order valence-corrected chi connectivity index (χ4v) is 2.40. The number of nitrogens with one attached hydrogen (secondary N) is 1. The molecule has 1 fully saturated rings. The number of hydrogen-bond acceptors (Lipinski definition) is 3. The number of rotatable bonds is 5. The topological polar surface area (TPSA) is 56.9 Å². The molecule has 0 aromatic heterocycles. The summed E-state index contributed by atoms with van der Waals surface area (Å²) in [6.45, 7) is 8.77.